The van der Waals surface area contributed by atoms with Crippen LogP contribution in [-0.4, -0.2) is 24.3 Å². The average molecular weight is 295 g/mol. The molecule has 6 heteroatoms. The van der Waals surface area contributed by atoms with Crippen molar-refractivity contribution in [3.05, 3.63) is 47.0 Å². The van der Waals surface area contributed by atoms with Gasteiger partial charge in [-0.15, -0.1) is 0 Å². The van der Waals surface area contributed by atoms with Gasteiger partial charge in [-0.05, 0) is 43.4 Å². The van der Waals surface area contributed by atoms with E-state index in [1.807, 2.05) is 47.5 Å². The molecule has 0 fully saturated rings. The van der Waals surface area contributed by atoms with E-state index in [0.717, 1.165) is 33.4 Å². The molecule has 0 aliphatic heterocycles. The molecule has 4 rings (SSSR count). The molecule has 0 aliphatic rings. The van der Waals surface area contributed by atoms with Crippen molar-refractivity contribution in [2.75, 3.05) is 0 Å². The lowest BCUT2D eigenvalue weighted by molar-refractivity contribution is 0.759. The Labute approximate surface area is 125 Å². The molecule has 21 heavy (non-hydrogen) atoms. The summed E-state index contributed by atoms with van der Waals surface area (Å²) in [5.74, 6) is 0. The van der Waals surface area contributed by atoms with Crippen LogP contribution in [0.3, 0.4) is 0 Å². The fourth-order valence-corrected chi connectivity index (χ4v) is 3.04. The molecule has 0 saturated carbocycles. The molecule has 1 aromatic carbocycles. The van der Waals surface area contributed by atoms with E-state index < -0.39 is 0 Å². The third-order valence-electron chi connectivity index (χ3n) is 3.68. The Morgan fingerprint density at radius 2 is 2.10 bits per heavy atom. The summed E-state index contributed by atoms with van der Waals surface area (Å²) in [6.07, 6.45) is 1.80. The number of benzene rings is 1. The summed E-state index contributed by atoms with van der Waals surface area (Å²) in [5, 5.41) is 5.53. The minimum Gasteiger partial charge on any atom is -0.327 e. The Balaban J connectivity index is 2.08. The van der Waals surface area contributed by atoms with Gasteiger partial charge in [-0.1, -0.05) is 6.07 Å². The monoisotopic (exact) mass is 295 g/mol. The van der Waals surface area contributed by atoms with Crippen LogP contribution in [0.15, 0.2) is 36.5 Å². The van der Waals surface area contributed by atoms with Gasteiger partial charge in [0.25, 0.3) is 0 Å². The fourth-order valence-electron chi connectivity index (χ4n) is 2.75. The van der Waals surface area contributed by atoms with Crippen LogP contribution in [-0.2, 0) is 7.05 Å². The van der Waals surface area contributed by atoms with E-state index >= 15 is 0 Å². The highest BCUT2D eigenvalue weighted by Crippen LogP contribution is 2.23. The second-order valence-electron chi connectivity index (χ2n) is 5.05. The molecule has 3 aromatic heterocycles. The first-order valence-corrected chi connectivity index (χ1v) is 7.05. The second kappa shape index (κ2) is 4.26. The maximum Gasteiger partial charge on any atom is 0.184 e. The van der Waals surface area contributed by atoms with Crippen LogP contribution in [0.5, 0.6) is 0 Å². The lowest BCUT2D eigenvalue weighted by atomic mass is 10.2. The molecule has 0 bridgehead atoms. The molecule has 0 spiro atoms. The van der Waals surface area contributed by atoms with Gasteiger partial charge in [0, 0.05) is 18.6 Å². The molecule has 0 amide bonds. The first-order chi connectivity index (χ1) is 10.1. The van der Waals surface area contributed by atoms with Crippen LogP contribution in [0.2, 0.25) is 0 Å². The minimum atomic E-state index is 0.671. The molecule has 0 saturated heterocycles. The van der Waals surface area contributed by atoms with E-state index in [1.165, 1.54) is 0 Å². The number of nitrogens with one attached hydrogen (secondary N) is 1. The molecular weight excluding hydrogens is 282 g/mol. The molecule has 1 N–H and O–H groups in total. The number of aromatic nitrogens is 5. The van der Waals surface area contributed by atoms with Gasteiger partial charge in [-0.25, -0.2) is 4.68 Å². The van der Waals surface area contributed by atoms with Gasteiger partial charge in [0.2, 0.25) is 0 Å². The maximum absolute atomic E-state index is 5.48. The number of fused-ring (bicyclic) bond motifs is 2. The third kappa shape index (κ3) is 1.72. The molecule has 4 aromatic rings. The van der Waals surface area contributed by atoms with Crippen molar-refractivity contribution in [2.24, 2.45) is 7.05 Å². The molecule has 5 nitrogen and oxygen atoms in total. The first-order valence-electron chi connectivity index (χ1n) is 6.64. The first kappa shape index (κ1) is 12.3. The van der Waals surface area contributed by atoms with Gasteiger partial charge in [0.05, 0.1) is 16.9 Å². The Morgan fingerprint density at radius 1 is 1.24 bits per heavy atom. The smallest absolute Gasteiger partial charge is 0.184 e. The molecule has 0 unspecified atom stereocenters. The lowest BCUT2D eigenvalue weighted by Gasteiger charge is -2.06. The summed E-state index contributed by atoms with van der Waals surface area (Å²) < 4.78 is 4.53. The molecule has 104 valence electrons. The van der Waals surface area contributed by atoms with E-state index in [0.29, 0.717) is 4.77 Å². The van der Waals surface area contributed by atoms with E-state index in [-0.39, 0.29) is 0 Å². The van der Waals surface area contributed by atoms with Crippen molar-refractivity contribution in [1.82, 2.24) is 24.3 Å². The van der Waals surface area contributed by atoms with Gasteiger partial charge >= 0.3 is 0 Å². The fraction of sp³-hybridized carbons (Fsp3) is 0.133. The number of hydrogen-bond donors (Lipinski definition) is 1. The van der Waals surface area contributed by atoms with Gasteiger partial charge < -0.3 is 4.98 Å². The predicted molar refractivity (Wildman–Crippen MR) is 85.3 cm³/mol. The summed E-state index contributed by atoms with van der Waals surface area (Å²) in [4.78, 5) is 7.59. The van der Waals surface area contributed by atoms with Gasteiger partial charge in [0.1, 0.15) is 5.52 Å². The van der Waals surface area contributed by atoms with Crippen LogP contribution in [0, 0.1) is 11.7 Å². The highest BCUT2D eigenvalue weighted by molar-refractivity contribution is 7.71. The van der Waals surface area contributed by atoms with Crippen LogP contribution in [0.1, 0.15) is 5.69 Å². The zero-order chi connectivity index (χ0) is 14.6. The van der Waals surface area contributed by atoms with Crippen molar-refractivity contribution in [3.8, 4) is 5.69 Å². The highest BCUT2D eigenvalue weighted by Gasteiger charge is 2.14. The number of H-pyrrole nitrogens is 1. The van der Waals surface area contributed by atoms with E-state index in [4.69, 9.17) is 12.2 Å². The number of nitrogens with zero attached hydrogens (tertiary/aromatic N) is 4. The molecule has 0 atom stereocenters. The molecule has 3 heterocycles. The quantitative estimate of drug-likeness (QED) is 0.548. The van der Waals surface area contributed by atoms with Crippen LogP contribution < -0.4 is 0 Å². The Morgan fingerprint density at radius 3 is 2.95 bits per heavy atom. The third-order valence-corrected chi connectivity index (χ3v) is 3.97. The molecule has 0 aliphatic carbocycles. The van der Waals surface area contributed by atoms with E-state index in [2.05, 4.69) is 21.1 Å². The van der Waals surface area contributed by atoms with E-state index in [9.17, 15) is 0 Å². The number of imidazole rings is 1. The largest absolute Gasteiger partial charge is 0.327 e. The number of aryl methyl sites for hydroxylation is 2. The summed E-state index contributed by atoms with van der Waals surface area (Å²) in [6.45, 7) is 1.97. The summed E-state index contributed by atoms with van der Waals surface area (Å²) in [7, 11) is 1.93. The number of aromatic amines is 1. The van der Waals surface area contributed by atoms with Crippen molar-refractivity contribution in [1.29, 1.82) is 0 Å². The van der Waals surface area contributed by atoms with Crippen LogP contribution >= 0.6 is 12.2 Å². The van der Waals surface area contributed by atoms with Crippen molar-refractivity contribution in [3.63, 3.8) is 0 Å². The predicted octanol–water partition coefficient (Wildman–Crippen LogP) is 3.28. The number of rotatable bonds is 1. The Kier molecular flexibility index (Phi) is 2.49. The summed E-state index contributed by atoms with van der Waals surface area (Å²) in [5.41, 5.74) is 4.88. The highest BCUT2D eigenvalue weighted by atomic mass is 32.1. The van der Waals surface area contributed by atoms with Crippen molar-refractivity contribution >= 4 is 34.3 Å². The molecular formula is C15H13N5S. The zero-order valence-corrected chi connectivity index (χ0v) is 12.5. The summed E-state index contributed by atoms with van der Waals surface area (Å²) in [6, 6.07) is 10.1. The van der Waals surface area contributed by atoms with Gasteiger partial charge in [-0.3, -0.25) is 9.55 Å². The summed E-state index contributed by atoms with van der Waals surface area (Å²) >= 11 is 5.48. The normalized spacial score (nSPS) is 11.5. The second-order valence-corrected chi connectivity index (χ2v) is 5.44. The Hall–Kier alpha value is -2.47. The van der Waals surface area contributed by atoms with Crippen LogP contribution in [0.25, 0.3) is 27.8 Å². The maximum atomic E-state index is 5.48. The topological polar surface area (TPSA) is 51.4 Å². The average Bonchev–Trinajstić information content (AvgIpc) is 2.96. The molecule has 0 radical (unpaired) electrons. The minimum absolute atomic E-state index is 0.671. The van der Waals surface area contributed by atoms with Gasteiger partial charge in [0.15, 0.2) is 10.4 Å². The van der Waals surface area contributed by atoms with Gasteiger partial charge in [-0.2, -0.15) is 5.10 Å². The van der Waals surface area contributed by atoms with Crippen LogP contribution in [0.4, 0.5) is 0 Å². The Bertz CT molecular complexity index is 1040. The SMILES string of the molecule is Cc1nn(C)c2c1[nH]c(=S)n2-c1ccc2ncccc2c1. The zero-order valence-electron chi connectivity index (χ0n) is 11.7. The van der Waals surface area contributed by atoms with Crippen molar-refractivity contribution < 1.29 is 0 Å². The van der Waals surface area contributed by atoms with Crippen molar-refractivity contribution in [2.45, 2.75) is 6.92 Å². The standard InChI is InChI=1S/C15H13N5S/c1-9-13-14(19(2)18-9)20(15(21)17-13)11-5-6-12-10(8-11)4-3-7-16-12/h3-8H,1-2H3,(H,17,21). The number of pyridine rings is 1. The number of hydrogen-bond acceptors (Lipinski definition) is 3. The van der Waals surface area contributed by atoms with E-state index in [1.54, 1.807) is 6.20 Å². The lowest BCUT2D eigenvalue weighted by Crippen LogP contribution is -2.00.